The van der Waals surface area contributed by atoms with Crippen LogP contribution in [0.4, 0.5) is 15.9 Å². The van der Waals surface area contributed by atoms with E-state index in [1.165, 1.54) is 12.1 Å². The van der Waals surface area contributed by atoms with E-state index in [1.807, 2.05) is 28.7 Å². The van der Waals surface area contributed by atoms with E-state index in [0.29, 0.717) is 12.4 Å². The lowest BCUT2D eigenvalue weighted by atomic mass is 10.1. The quantitative estimate of drug-likeness (QED) is 0.593. The van der Waals surface area contributed by atoms with Crippen LogP contribution in [0.1, 0.15) is 18.7 Å². The Morgan fingerprint density at radius 2 is 2.00 bits per heavy atom. The lowest BCUT2D eigenvalue weighted by molar-refractivity contribution is -0.0308. The highest BCUT2D eigenvalue weighted by molar-refractivity contribution is 7.13. The molecular weight excluding hydrogens is 407 g/mol. The molecule has 30 heavy (non-hydrogen) atoms. The zero-order valence-corrected chi connectivity index (χ0v) is 17.0. The minimum Gasteiger partial charge on any atom is -0.388 e. The smallest absolute Gasteiger partial charge is 0.164 e. The Kier molecular flexibility index (Phi) is 4.82. The van der Waals surface area contributed by atoms with Gasteiger partial charge in [-0.3, -0.25) is 10.4 Å². The molecule has 0 unspecified atom stereocenters. The first-order valence-corrected chi connectivity index (χ1v) is 10.5. The second-order valence-corrected chi connectivity index (χ2v) is 8.38. The van der Waals surface area contributed by atoms with Crippen LogP contribution in [0.5, 0.6) is 0 Å². The fourth-order valence-electron chi connectivity index (χ4n) is 3.84. The van der Waals surface area contributed by atoms with Crippen LogP contribution < -0.4 is 5.43 Å². The summed E-state index contributed by atoms with van der Waals surface area (Å²) in [6, 6.07) is 10.1. The average Bonchev–Trinajstić information content (AvgIpc) is 3.45. The van der Waals surface area contributed by atoms with E-state index >= 15 is 0 Å². The normalized spacial score (nSPS) is 25.5. The fraction of sp³-hybridized carbons (Fsp3) is 0.286. The van der Waals surface area contributed by atoms with Gasteiger partial charge in [0.1, 0.15) is 30.2 Å². The maximum atomic E-state index is 13.2. The predicted molar refractivity (Wildman–Crippen MR) is 113 cm³/mol. The van der Waals surface area contributed by atoms with Crippen LogP contribution in [0.15, 0.2) is 53.0 Å². The third kappa shape index (κ3) is 3.29. The van der Waals surface area contributed by atoms with Gasteiger partial charge in [-0.1, -0.05) is 6.07 Å². The number of rotatable bonds is 4. The summed E-state index contributed by atoms with van der Waals surface area (Å²) in [4.78, 5) is 5.68. The van der Waals surface area contributed by atoms with E-state index < -0.39 is 24.5 Å². The minimum absolute atomic E-state index is 0.293. The molecule has 3 aromatic rings. The highest BCUT2D eigenvalue weighted by Crippen LogP contribution is 2.42. The van der Waals surface area contributed by atoms with E-state index in [1.54, 1.807) is 41.3 Å². The molecule has 5 rings (SSSR count). The molecule has 2 aliphatic rings. The second-order valence-electron chi connectivity index (χ2n) is 7.43. The molecule has 3 N–H and O–H groups in total. The van der Waals surface area contributed by atoms with Crippen molar-refractivity contribution in [3.8, 4) is 10.4 Å². The molecule has 9 heteroatoms. The number of aromatic nitrogens is 1. The first-order valence-electron chi connectivity index (χ1n) is 9.63. The molecule has 1 fully saturated rings. The first kappa shape index (κ1) is 19.3. The van der Waals surface area contributed by atoms with Gasteiger partial charge >= 0.3 is 0 Å². The van der Waals surface area contributed by atoms with Crippen LogP contribution in [-0.4, -0.2) is 44.4 Å². The highest BCUT2D eigenvalue weighted by Gasteiger charge is 2.42. The van der Waals surface area contributed by atoms with Crippen LogP contribution in [0.25, 0.3) is 10.4 Å². The largest absolute Gasteiger partial charge is 0.388 e. The molecule has 0 bridgehead atoms. The molecule has 2 aliphatic heterocycles. The Labute approximate surface area is 176 Å². The number of aliphatic hydroxyl groups is 2. The van der Waals surface area contributed by atoms with E-state index in [4.69, 9.17) is 4.74 Å². The van der Waals surface area contributed by atoms with Crippen molar-refractivity contribution in [3.63, 3.8) is 0 Å². The molecule has 1 aromatic carbocycles. The molecule has 4 heterocycles. The number of benzene rings is 1. The number of halogens is 1. The van der Waals surface area contributed by atoms with Crippen LogP contribution in [0.2, 0.25) is 0 Å². The van der Waals surface area contributed by atoms with Crippen molar-refractivity contribution < 1.29 is 19.3 Å². The number of aliphatic imine (C=N–C) groups is 1. The number of fused-ring (bicyclic) bond motifs is 1. The third-order valence-electron chi connectivity index (χ3n) is 5.41. The monoisotopic (exact) mass is 428 g/mol. The molecule has 0 aliphatic carbocycles. The van der Waals surface area contributed by atoms with Crippen LogP contribution in [-0.2, 0) is 11.3 Å². The van der Waals surface area contributed by atoms with E-state index in [-0.39, 0.29) is 5.82 Å². The fourth-order valence-corrected chi connectivity index (χ4v) is 4.61. The second kappa shape index (κ2) is 7.51. The van der Waals surface area contributed by atoms with E-state index in [2.05, 4.69) is 10.4 Å². The molecule has 0 spiro atoms. The van der Waals surface area contributed by atoms with E-state index in [0.717, 1.165) is 21.7 Å². The van der Waals surface area contributed by atoms with Gasteiger partial charge in [0.15, 0.2) is 6.23 Å². The highest BCUT2D eigenvalue weighted by atomic mass is 32.1. The first-order chi connectivity index (χ1) is 14.5. The van der Waals surface area contributed by atoms with Gasteiger partial charge in [-0.2, -0.15) is 0 Å². The molecule has 0 saturated carbocycles. The van der Waals surface area contributed by atoms with E-state index in [9.17, 15) is 14.6 Å². The Morgan fingerprint density at radius 1 is 1.20 bits per heavy atom. The summed E-state index contributed by atoms with van der Waals surface area (Å²) < 4.78 is 20.8. The van der Waals surface area contributed by atoms with Crippen LogP contribution in [0.3, 0.4) is 0 Å². The number of ether oxygens (including phenoxy) is 1. The summed E-state index contributed by atoms with van der Waals surface area (Å²) in [5, 5.41) is 24.5. The number of hydrazine groups is 1. The molecule has 7 nitrogen and oxygen atoms in total. The zero-order chi connectivity index (χ0) is 20.8. The molecule has 2 aromatic heterocycles. The maximum absolute atomic E-state index is 13.2. The number of hydrogen-bond acceptors (Lipinski definition) is 7. The Bertz CT molecular complexity index is 1070. The molecular formula is C21H21FN4O3S. The predicted octanol–water partition coefficient (Wildman–Crippen LogP) is 3.50. The summed E-state index contributed by atoms with van der Waals surface area (Å²) in [6.07, 6.45) is 0.388. The van der Waals surface area contributed by atoms with Gasteiger partial charge in [-0.15, -0.1) is 11.3 Å². The minimum atomic E-state index is -1.04. The van der Waals surface area contributed by atoms with Gasteiger partial charge in [0.2, 0.25) is 0 Å². The number of thiophene rings is 1. The van der Waals surface area contributed by atoms with Gasteiger partial charge < -0.3 is 19.5 Å². The van der Waals surface area contributed by atoms with Crippen LogP contribution in [0, 0.1) is 5.82 Å². The summed E-state index contributed by atoms with van der Waals surface area (Å²) in [6.45, 7) is 2.25. The van der Waals surface area contributed by atoms with Crippen molar-refractivity contribution >= 4 is 29.2 Å². The number of hydrogen-bond donors (Lipinski definition) is 3. The summed E-state index contributed by atoms with van der Waals surface area (Å²) in [5.74, 6) is 0.389. The topological polar surface area (TPSA) is 82.2 Å². The summed E-state index contributed by atoms with van der Waals surface area (Å²) in [7, 11) is 0. The lowest BCUT2D eigenvalue weighted by Crippen LogP contribution is -2.31. The van der Waals surface area contributed by atoms with Gasteiger partial charge in [-0.05, 0) is 42.6 Å². The molecule has 156 valence electrons. The molecule has 0 radical (unpaired) electrons. The van der Waals surface area contributed by atoms with Crippen molar-refractivity contribution in [2.24, 2.45) is 4.99 Å². The van der Waals surface area contributed by atoms with Crippen molar-refractivity contribution in [3.05, 3.63) is 59.4 Å². The Balaban J connectivity index is 1.50. The van der Waals surface area contributed by atoms with Crippen LogP contribution >= 0.6 is 11.3 Å². The van der Waals surface area contributed by atoms with Crippen molar-refractivity contribution in [2.45, 2.75) is 38.0 Å². The van der Waals surface area contributed by atoms with Gasteiger partial charge in [0.25, 0.3) is 0 Å². The number of nitrogens with one attached hydrogen (secondary N) is 1. The molecule has 1 saturated heterocycles. The number of anilines is 1. The van der Waals surface area contributed by atoms with Gasteiger partial charge in [0, 0.05) is 22.2 Å². The molecule has 4 atom stereocenters. The SMILES string of the molecule is C[C@H]1O[C@@H](n2cc(-c3cccs3)c3c2N=CN(Nc2ccc(F)cc2)C3)[C@H](O)[C@@H]1O. The number of aliphatic hydroxyl groups excluding tert-OH is 2. The maximum Gasteiger partial charge on any atom is 0.164 e. The summed E-state index contributed by atoms with van der Waals surface area (Å²) in [5.41, 5.74) is 5.92. The number of nitrogens with zero attached hydrogens (tertiary/aromatic N) is 3. The van der Waals surface area contributed by atoms with Crippen molar-refractivity contribution in [2.75, 3.05) is 5.43 Å². The Morgan fingerprint density at radius 3 is 2.67 bits per heavy atom. The summed E-state index contributed by atoms with van der Waals surface area (Å²) >= 11 is 1.61. The lowest BCUT2D eigenvalue weighted by Gasteiger charge is -2.26. The average molecular weight is 428 g/mol. The standard InChI is InChI=1S/C21H21FN4O3S/c1-12-18(27)19(28)21(29-12)26-10-15(17-3-2-8-30-17)16-9-25(11-23-20(16)26)24-14-6-4-13(22)5-7-14/h2-8,10-12,18-19,21,24,27-28H,9H2,1H3/t12-,18-,19-,21-/m1/s1. The van der Waals surface area contributed by atoms with Crippen molar-refractivity contribution in [1.29, 1.82) is 0 Å². The zero-order valence-electron chi connectivity index (χ0n) is 16.1. The third-order valence-corrected chi connectivity index (χ3v) is 6.31. The van der Waals surface area contributed by atoms with Crippen molar-refractivity contribution in [1.82, 2.24) is 9.58 Å². The van der Waals surface area contributed by atoms with Gasteiger partial charge in [-0.25, -0.2) is 9.38 Å². The molecule has 0 amide bonds. The Hall–Kier alpha value is -2.72. The van der Waals surface area contributed by atoms with Gasteiger partial charge in [0.05, 0.1) is 18.3 Å².